The molecule has 8 heteroatoms. The van der Waals surface area contributed by atoms with E-state index in [1.807, 2.05) is 36.2 Å². The van der Waals surface area contributed by atoms with E-state index in [0.717, 1.165) is 43.9 Å². The van der Waals surface area contributed by atoms with Crippen LogP contribution in [0.4, 0.5) is 0 Å². The zero-order valence-corrected chi connectivity index (χ0v) is 19.0. The van der Waals surface area contributed by atoms with Gasteiger partial charge < -0.3 is 19.5 Å². The molecule has 1 aliphatic carbocycles. The van der Waals surface area contributed by atoms with Crippen LogP contribution >= 0.6 is 0 Å². The van der Waals surface area contributed by atoms with E-state index in [-0.39, 0.29) is 30.3 Å². The van der Waals surface area contributed by atoms with Crippen molar-refractivity contribution in [3.8, 4) is 17.1 Å². The Morgan fingerprint density at radius 2 is 1.88 bits per heavy atom. The summed E-state index contributed by atoms with van der Waals surface area (Å²) < 4.78 is 5.82. The Bertz CT molecular complexity index is 962. The van der Waals surface area contributed by atoms with Crippen molar-refractivity contribution < 1.29 is 9.53 Å². The highest BCUT2D eigenvalue weighted by Crippen LogP contribution is 2.27. The van der Waals surface area contributed by atoms with Gasteiger partial charge in [0.1, 0.15) is 11.4 Å². The van der Waals surface area contributed by atoms with Crippen molar-refractivity contribution in [3.05, 3.63) is 40.3 Å². The molecule has 1 N–H and O–H groups in total. The maximum atomic E-state index is 12.6. The Labute approximate surface area is 189 Å². The molecule has 1 aliphatic heterocycles. The summed E-state index contributed by atoms with van der Waals surface area (Å²) in [6, 6.07) is 7.79. The van der Waals surface area contributed by atoms with Gasteiger partial charge >= 0.3 is 0 Å². The van der Waals surface area contributed by atoms with Gasteiger partial charge in [0.25, 0.3) is 5.56 Å². The second kappa shape index (κ2) is 10.3. The largest absolute Gasteiger partial charge is 0.493 e. The summed E-state index contributed by atoms with van der Waals surface area (Å²) >= 11 is 0. The number of nitrogens with zero attached hydrogens (tertiary/aromatic N) is 4. The van der Waals surface area contributed by atoms with Gasteiger partial charge in [0.05, 0.1) is 6.61 Å². The number of H-pyrrole nitrogens is 1. The second-order valence-electron chi connectivity index (χ2n) is 9.12. The molecule has 1 aromatic carbocycles. The van der Waals surface area contributed by atoms with Crippen LogP contribution in [0.25, 0.3) is 11.4 Å². The van der Waals surface area contributed by atoms with Crippen molar-refractivity contribution in [3.63, 3.8) is 0 Å². The van der Waals surface area contributed by atoms with Crippen LogP contribution in [0.5, 0.6) is 5.75 Å². The van der Waals surface area contributed by atoms with E-state index in [4.69, 9.17) is 4.74 Å². The quantitative estimate of drug-likeness (QED) is 0.680. The van der Waals surface area contributed by atoms with Gasteiger partial charge in [0.15, 0.2) is 5.82 Å². The van der Waals surface area contributed by atoms with Crippen LogP contribution in [-0.4, -0.2) is 70.7 Å². The first kappa shape index (κ1) is 22.5. The molecule has 172 valence electrons. The summed E-state index contributed by atoms with van der Waals surface area (Å²) in [5.74, 6) is 1.96. The lowest BCUT2D eigenvalue weighted by Gasteiger charge is -2.35. The first-order valence-electron chi connectivity index (χ1n) is 11.6. The Balaban J connectivity index is 1.30. The number of aromatic amines is 1. The van der Waals surface area contributed by atoms with Crippen molar-refractivity contribution >= 4 is 5.91 Å². The highest BCUT2D eigenvalue weighted by Gasteiger charge is 2.24. The highest BCUT2D eigenvalue weighted by atomic mass is 16.5. The normalized spacial score (nSPS) is 17.7. The summed E-state index contributed by atoms with van der Waals surface area (Å²) in [5, 5.41) is 8.29. The van der Waals surface area contributed by atoms with Gasteiger partial charge in [0, 0.05) is 31.5 Å². The average molecular weight is 440 g/mol. The average Bonchev–Trinajstić information content (AvgIpc) is 2.77. The van der Waals surface area contributed by atoms with E-state index < -0.39 is 0 Å². The Hall–Kier alpha value is -2.74. The Morgan fingerprint density at radius 3 is 2.50 bits per heavy atom. The number of carbonyl (C=O) groups is 1. The molecule has 0 radical (unpaired) electrons. The molecule has 1 saturated carbocycles. The molecule has 1 aromatic heterocycles. The van der Waals surface area contributed by atoms with Crippen molar-refractivity contribution in [1.29, 1.82) is 0 Å². The van der Waals surface area contributed by atoms with E-state index in [1.54, 1.807) is 0 Å². The third-order valence-corrected chi connectivity index (χ3v) is 6.81. The molecule has 2 heterocycles. The van der Waals surface area contributed by atoms with Crippen LogP contribution in [0, 0.1) is 5.92 Å². The molecule has 8 nitrogen and oxygen atoms in total. The molecule has 1 saturated heterocycles. The molecule has 0 bridgehead atoms. The van der Waals surface area contributed by atoms with E-state index in [0.29, 0.717) is 17.4 Å². The topological polar surface area (TPSA) is 91.4 Å². The third-order valence-electron chi connectivity index (χ3n) is 6.81. The van der Waals surface area contributed by atoms with Crippen LogP contribution in [0.2, 0.25) is 0 Å². The lowest BCUT2D eigenvalue weighted by molar-refractivity contribution is -0.132. The monoisotopic (exact) mass is 439 g/mol. The molecule has 2 fully saturated rings. The molecular weight excluding hydrogens is 406 g/mol. The number of nitrogens with one attached hydrogen (secondary N) is 1. The first-order valence-corrected chi connectivity index (χ1v) is 11.6. The molecule has 0 spiro atoms. The molecule has 2 aromatic rings. The first-order chi connectivity index (χ1) is 15.5. The highest BCUT2D eigenvalue weighted by molar-refractivity contribution is 5.76. The third kappa shape index (κ3) is 5.54. The second-order valence-corrected chi connectivity index (χ2v) is 9.12. The summed E-state index contributed by atoms with van der Waals surface area (Å²) in [4.78, 5) is 32.0. The van der Waals surface area contributed by atoms with Gasteiger partial charge in [-0.2, -0.15) is 0 Å². The van der Waals surface area contributed by atoms with Gasteiger partial charge in [-0.05, 0) is 76.0 Å². The Kier molecular flexibility index (Phi) is 7.19. The predicted molar refractivity (Wildman–Crippen MR) is 123 cm³/mol. The van der Waals surface area contributed by atoms with Crippen molar-refractivity contribution in [2.75, 3.05) is 33.8 Å². The van der Waals surface area contributed by atoms with Crippen LogP contribution in [0.1, 0.15) is 44.2 Å². The predicted octanol–water partition coefficient (Wildman–Crippen LogP) is 2.50. The van der Waals surface area contributed by atoms with Crippen LogP contribution < -0.4 is 10.3 Å². The molecule has 0 atom stereocenters. The number of amides is 1. The van der Waals surface area contributed by atoms with Gasteiger partial charge in [-0.15, -0.1) is 10.2 Å². The van der Waals surface area contributed by atoms with Crippen LogP contribution in [0.3, 0.4) is 0 Å². The van der Waals surface area contributed by atoms with Crippen molar-refractivity contribution in [2.45, 2.75) is 51.0 Å². The lowest BCUT2D eigenvalue weighted by Crippen LogP contribution is -2.44. The summed E-state index contributed by atoms with van der Waals surface area (Å²) in [6.07, 6.45) is 6.32. The number of ether oxygens (including phenoxy) is 1. The van der Waals surface area contributed by atoms with Gasteiger partial charge in [-0.3, -0.25) is 9.59 Å². The number of likely N-dealkylation sites (tertiary alicyclic amines) is 1. The van der Waals surface area contributed by atoms with E-state index in [2.05, 4.69) is 27.1 Å². The van der Waals surface area contributed by atoms with Crippen LogP contribution in [-0.2, 0) is 11.2 Å². The smallest absolute Gasteiger partial charge is 0.273 e. The van der Waals surface area contributed by atoms with Gasteiger partial charge in [0.2, 0.25) is 5.91 Å². The van der Waals surface area contributed by atoms with E-state index in [1.165, 1.54) is 19.3 Å². The summed E-state index contributed by atoms with van der Waals surface area (Å²) in [6.45, 7) is 2.77. The van der Waals surface area contributed by atoms with E-state index in [9.17, 15) is 9.59 Å². The summed E-state index contributed by atoms with van der Waals surface area (Å²) in [7, 11) is 3.96. The number of rotatable bonds is 8. The molecule has 4 rings (SSSR count). The lowest BCUT2D eigenvalue weighted by atomic mass is 9.86. The van der Waals surface area contributed by atoms with E-state index >= 15 is 0 Å². The number of hydrogen-bond donors (Lipinski definition) is 1. The number of piperidine rings is 1. The fourth-order valence-corrected chi connectivity index (χ4v) is 4.22. The number of aromatic nitrogens is 3. The maximum absolute atomic E-state index is 12.6. The molecule has 32 heavy (non-hydrogen) atoms. The van der Waals surface area contributed by atoms with Crippen LogP contribution in [0.15, 0.2) is 29.1 Å². The minimum Gasteiger partial charge on any atom is -0.493 e. The minimum atomic E-state index is -0.296. The number of carbonyl (C=O) groups excluding carboxylic acids is 1. The standard InChI is InChI=1S/C24H33N5O3/c1-28-14-12-19(13-15-28)29(2)22(30)11-10-21-24(31)25-23(27-26-21)18-6-8-20(9-7-18)32-16-17-4-3-5-17/h6-9,17,19H,3-5,10-16H2,1-2H3,(H,25,27,31). The number of benzene rings is 1. The molecule has 0 unspecified atom stereocenters. The molecule has 1 amide bonds. The maximum Gasteiger partial charge on any atom is 0.273 e. The summed E-state index contributed by atoms with van der Waals surface area (Å²) in [5.41, 5.74) is 0.768. The van der Waals surface area contributed by atoms with Gasteiger partial charge in [-0.1, -0.05) is 6.42 Å². The fraction of sp³-hybridized carbons (Fsp3) is 0.583. The zero-order valence-electron chi connectivity index (χ0n) is 19.0. The van der Waals surface area contributed by atoms with Crippen molar-refractivity contribution in [2.24, 2.45) is 5.92 Å². The number of hydrogen-bond acceptors (Lipinski definition) is 6. The Morgan fingerprint density at radius 1 is 1.16 bits per heavy atom. The van der Waals surface area contributed by atoms with Crippen molar-refractivity contribution in [1.82, 2.24) is 25.0 Å². The van der Waals surface area contributed by atoms with Gasteiger partial charge in [-0.25, -0.2) is 0 Å². The molecule has 2 aliphatic rings. The SMILES string of the molecule is CN1CCC(N(C)C(=O)CCc2nnc(-c3ccc(OCC4CCC4)cc3)[nH]c2=O)CC1. The minimum absolute atomic E-state index is 0.0438. The number of aryl methyl sites for hydroxylation is 1. The molecular formula is C24H33N5O3. The fourth-order valence-electron chi connectivity index (χ4n) is 4.22. The zero-order chi connectivity index (χ0) is 22.5.